The minimum atomic E-state index is -3.74. The van der Waals surface area contributed by atoms with Crippen LogP contribution < -0.4 is 9.62 Å². The highest BCUT2D eigenvalue weighted by Crippen LogP contribution is 2.33. The number of rotatable bonds is 9. The third-order valence-corrected chi connectivity index (χ3v) is 7.39. The molecule has 0 heterocycles. The number of hydrogen-bond acceptors (Lipinski definition) is 4. The van der Waals surface area contributed by atoms with Crippen molar-refractivity contribution >= 4 is 79.8 Å². The topological polar surface area (TPSA) is 66.5 Å². The molecule has 0 saturated heterocycles. The predicted molar refractivity (Wildman–Crippen MR) is 124 cm³/mol. The van der Waals surface area contributed by atoms with Crippen LogP contribution in [0.4, 0.5) is 5.69 Å². The van der Waals surface area contributed by atoms with Crippen LogP contribution in [0.5, 0.6) is 0 Å². The fourth-order valence-electron chi connectivity index (χ4n) is 2.36. The van der Waals surface area contributed by atoms with E-state index in [1.807, 2.05) is 0 Å². The smallest absolute Gasteiger partial charge is 0.240 e. The molecule has 158 valence electrons. The number of halogens is 4. The molecular weight excluding hydrogens is 498 g/mol. The summed E-state index contributed by atoms with van der Waals surface area (Å²) in [6.45, 7) is -0.0493. The van der Waals surface area contributed by atoms with Crippen molar-refractivity contribution in [1.82, 2.24) is 5.32 Å². The van der Waals surface area contributed by atoms with Crippen molar-refractivity contribution < 1.29 is 13.2 Å². The molecule has 0 fully saturated rings. The minimum Gasteiger partial charge on any atom is -0.354 e. The maximum Gasteiger partial charge on any atom is 0.240 e. The van der Waals surface area contributed by atoms with E-state index in [4.69, 9.17) is 46.4 Å². The van der Waals surface area contributed by atoms with Gasteiger partial charge < -0.3 is 5.32 Å². The lowest BCUT2D eigenvalue weighted by Crippen LogP contribution is -2.41. The Kier molecular flexibility index (Phi) is 9.25. The van der Waals surface area contributed by atoms with E-state index in [2.05, 4.69) is 5.32 Å². The van der Waals surface area contributed by atoms with Gasteiger partial charge in [0.1, 0.15) is 6.54 Å². The van der Waals surface area contributed by atoms with Crippen LogP contribution in [0.2, 0.25) is 20.1 Å². The van der Waals surface area contributed by atoms with Gasteiger partial charge >= 0.3 is 0 Å². The quantitative estimate of drug-likeness (QED) is 0.471. The third kappa shape index (κ3) is 7.12. The van der Waals surface area contributed by atoms with E-state index < -0.39 is 22.5 Å². The van der Waals surface area contributed by atoms with Crippen LogP contribution in [-0.4, -0.2) is 39.4 Å². The van der Waals surface area contributed by atoms with E-state index in [-0.39, 0.29) is 15.7 Å². The molecule has 2 rings (SSSR count). The van der Waals surface area contributed by atoms with Gasteiger partial charge in [-0.3, -0.25) is 9.10 Å². The van der Waals surface area contributed by atoms with E-state index in [0.29, 0.717) is 28.1 Å². The maximum absolute atomic E-state index is 12.3. The lowest BCUT2D eigenvalue weighted by molar-refractivity contribution is -0.119. The summed E-state index contributed by atoms with van der Waals surface area (Å²) in [5.74, 6) is 0.745. The first-order valence-corrected chi connectivity index (χ1v) is 12.8. The first kappa shape index (κ1) is 24.4. The third-order valence-electron chi connectivity index (χ3n) is 3.76. The predicted octanol–water partition coefficient (Wildman–Crippen LogP) is 5.12. The van der Waals surface area contributed by atoms with Crippen molar-refractivity contribution in [3.8, 4) is 0 Å². The van der Waals surface area contributed by atoms with Crippen molar-refractivity contribution in [2.45, 2.75) is 5.75 Å². The lowest BCUT2D eigenvalue weighted by Gasteiger charge is -2.23. The molecule has 0 aliphatic heterocycles. The van der Waals surface area contributed by atoms with Gasteiger partial charge in [-0.05, 0) is 29.8 Å². The standard InChI is InChI=1S/C18H18Cl4N2O3S2/c1-29(26,27)24(16-7-3-6-15(21)18(16)22)10-17(25)23-8-9-28-11-12-13(19)4-2-5-14(12)20/h2-7H,8-11H2,1H3,(H,23,25). The number of sulfonamides is 1. The summed E-state index contributed by atoms with van der Waals surface area (Å²) >= 11 is 25.9. The highest BCUT2D eigenvalue weighted by molar-refractivity contribution is 7.98. The first-order chi connectivity index (χ1) is 13.6. The molecule has 2 aromatic rings. The molecule has 0 aliphatic rings. The van der Waals surface area contributed by atoms with Crippen LogP contribution in [0.15, 0.2) is 36.4 Å². The molecule has 29 heavy (non-hydrogen) atoms. The monoisotopic (exact) mass is 514 g/mol. The number of benzene rings is 2. The molecule has 2 aromatic carbocycles. The van der Waals surface area contributed by atoms with Crippen molar-refractivity contribution in [3.05, 3.63) is 62.1 Å². The number of hydrogen-bond donors (Lipinski definition) is 1. The fraction of sp³-hybridized carbons (Fsp3) is 0.278. The maximum atomic E-state index is 12.3. The van der Waals surface area contributed by atoms with Crippen LogP contribution in [0.25, 0.3) is 0 Å². The molecule has 0 atom stereocenters. The molecule has 0 unspecified atom stereocenters. The highest BCUT2D eigenvalue weighted by atomic mass is 35.5. The molecule has 5 nitrogen and oxygen atoms in total. The highest BCUT2D eigenvalue weighted by Gasteiger charge is 2.23. The largest absolute Gasteiger partial charge is 0.354 e. The molecular formula is C18H18Cl4N2O3S2. The van der Waals surface area contributed by atoms with Gasteiger partial charge in [0, 0.05) is 28.1 Å². The summed E-state index contributed by atoms with van der Waals surface area (Å²) in [7, 11) is -3.74. The van der Waals surface area contributed by atoms with Gasteiger partial charge in [0.2, 0.25) is 15.9 Å². The Bertz CT molecular complexity index is 967. The van der Waals surface area contributed by atoms with Crippen molar-refractivity contribution in [3.63, 3.8) is 0 Å². The van der Waals surface area contributed by atoms with Crippen LogP contribution in [0.1, 0.15) is 5.56 Å². The van der Waals surface area contributed by atoms with E-state index in [0.717, 1.165) is 16.1 Å². The Morgan fingerprint density at radius 1 is 1.03 bits per heavy atom. The summed E-state index contributed by atoms with van der Waals surface area (Å²) in [6.07, 6.45) is 1.00. The summed E-state index contributed by atoms with van der Waals surface area (Å²) < 4.78 is 25.2. The summed E-state index contributed by atoms with van der Waals surface area (Å²) in [6, 6.07) is 9.91. The Morgan fingerprint density at radius 2 is 1.62 bits per heavy atom. The molecule has 0 aliphatic carbocycles. The number of nitrogens with one attached hydrogen (secondary N) is 1. The van der Waals surface area contributed by atoms with Crippen molar-refractivity contribution in [1.29, 1.82) is 0 Å². The number of amides is 1. The summed E-state index contributed by atoms with van der Waals surface area (Å²) in [5.41, 5.74) is 0.991. The molecule has 1 amide bonds. The van der Waals surface area contributed by atoms with Crippen LogP contribution in [0, 0.1) is 0 Å². The molecule has 0 radical (unpaired) electrons. The van der Waals surface area contributed by atoms with Gasteiger partial charge in [-0.15, -0.1) is 0 Å². The van der Waals surface area contributed by atoms with Gasteiger partial charge in [0.15, 0.2) is 0 Å². The average molecular weight is 516 g/mol. The molecule has 0 spiro atoms. The average Bonchev–Trinajstić information content (AvgIpc) is 2.63. The zero-order valence-electron chi connectivity index (χ0n) is 15.3. The lowest BCUT2D eigenvalue weighted by atomic mass is 10.2. The fourth-order valence-corrected chi connectivity index (χ4v) is 5.26. The number of carbonyl (C=O) groups excluding carboxylic acids is 1. The van der Waals surface area contributed by atoms with Crippen molar-refractivity contribution in [2.24, 2.45) is 0 Å². The first-order valence-electron chi connectivity index (χ1n) is 8.30. The molecule has 0 aromatic heterocycles. The number of anilines is 1. The van der Waals surface area contributed by atoms with Gasteiger partial charge in [-0.1, -0.05) is 58.5 Å². The normalized spacial score (nSPS) is 11.3. The van der Waals surface area contributed by atoms with Crippen LogP contribution in [-0.2, 0) is 20.6 Å². The number of carbonyl (C=O) groups is 1. The minimum absolute atomic E-state index is 0.0690. The summed E-state index contributed by atoms with van der Waals surface area (Å²) in [4.78, 5) is 12.3. The Morgan fingerprint density at radius 3 is 2.24 bits per heavy atom. The van der Waals surface area contributed by atoms with Gasteiger partial charge in [-0.25, -0.2) is 8.42 Å². The van der Waals surface area contributed by atoms with E-state index >= 15 is 0 Å². The SMILES string of the molecule is CS(=O)(=O)N(CC(=O)NCCSCc1c(Cl)cccc1Cl)c1cccc(Cl)c1Cl. The number of nitrogens with zero attached hydrogens (tertiary/aromatic N) is 1. The number of thioether (sulfide) groups is 1. The summed E-state index contributed by atoms with van der Waals surface area (Å²) in [5, 5.41) is 4.15. The van der Waals surface area contributed by atoms with Crippen molar-refractivity contribution in [2.75, 3.05) is 29.4 Å². The Hall–Kier alpha value is -0.830. The molecule has 0 bridgehead atoms. The van der Waals surface area contributed by atoms with Gasteiger partial charge in [0.25, 0.3) is 0 Å². The van der Waals surface area contributed by atoms with Gasteiger partial charge in [-0.2, -0.15) is 11.8 Å². The van der Waals surface area contributed by atoms with Gasteiger partial charge in [0.05, 0.1) is 22.0 Å². The molecule has 1 N–H and O–H groups in total. The Labute approximate surface area is 194 Å². The van der Waals surface area contributed by atoms with Crippen LogP contribution in [0.3, 0.4) is 0 Å². The Balaban J connectivity index is 1.90. The molecule has 11 heteroatoms. The zero-order valence-corrected chi connectivity index (χ0v) is 19.9. The van der Waals surface area contributed by atoms with E-state index in [1.165, 1.54) is 12.1 Å². The molecule has 0 saturated carbocycles. The van der Waals surface area contributed by atoms with Crippen LogP contribution >= 0.6 is 58.2 Å². The van der Waals surface area contributed by atoms with E-state index in [1.54, 1.807) is 36.0 Å². The van der Waals surface area contributed by atoms with E-state index in [9.17, 15) is 13.2 Å². The zero-order chi connectivity index (χ0) is 21.6. The second-order valence-corrected chi connectivity index (χ2v) is 10.6. The second-order valence-electron chi connectivity index (χ2n) is 5.95. The second kappa shape index (κ2) is 11.0.